The van der Waals surface area contributed by atoms with Gasteiger partial charge in [-0.3, -0.25) is 9.59 Å². The standard InChI is InChI=1S/C26H31ClF3N3O4S.CH2O2/c1-32(2)17-8-5-9-33(14-17)18-10-22(29)25(23(30)11-18)38(35,36)31-26(34)19-12-20(27)24(13-21(19)28)37-15-16-6-3-4-7-16;2-1-3/h10-13,16-17H,3-9,14-15H2,1-2H3,(H,31,34);1H,(H,2,3). The van der Waals surface area contributed by atoms with Crippen molar-refractivity contribution in [2.75, 3.05) is 38.7 Å². The van der Waals surface area contributed by atoms with Crippen LogP contribution in [0.4, 0.5) is 18.9 Å². The molecule has 0 spiro atoms. The van der Waals surface area contributed by atoms with Crippen LogP contribution in [-0.4, -0.2) is 70.6 Å². The average molecular weight is 620 g/mol. The van der Waals surface area contributed by atoms with Crippen LogP contribution in [0.1, 0.15) is 48.9 Å². The number of benzene rings is 2. The molecule has 226 valence electrons. The Bertz CT molecular complexity index is 1330. The largest absolute Gasteiger partial charge is 0.492 e. The Balaban J connectivity index is 0.00000147. The summed E-state index contributed by atoms with van der Waals surface area (Å²) in [6, 6.07) is 3.86. The summed E-state index contributed by atoms with van der Waals surface area (Å²) in [7, 11) is -1.18. The van der Waals surface area contributed by atoms with Crippen molar-refractivity contribution in [1.29, 1.82) is 0 Å². The van der Waals surface area contributed by atoms with E-state index in [2.05, 4.69) is 0 Å². The van der Waals surface area contributed by atoms with Gasteiger partial charge < -0.3 is 19.6 Å². The maximum Gasteiger partial charge on any atom is 0.290 e. The summed E-state index contributed by atoms with van der Waals surface area (Å²) in [5.41, 5.74) is -0.505. The van der Waals surface area contributed by atoms with Crippen LogP contribution in [-0.2, 0) is 14.8 Å². The van der Waals surface area contributed by atoms with Crippen molar-refractivity contribution in [1.82, 2.24) is 9.62 Å². The summed E-state index contributed by atoms with van der Waals surface area (Å²) >= 11 is 6.14. The average Bonchev–Trinajstić information content (AvgIpc) is 3.42. The second kappa shape index (κ2) is 14.2. The second-order valence-electron chi connectivity index (χ2n) is 10.2. The minimum Gasteiger partial charge on any atom is -0.492 e. The van der Waals surface area contributed by atoms with E-state index in [1.54, 1.807) is 9.62 Å². The van der Waals surface area contributed by atoms with Crippen molar-refractivity contribution in [3.8, 4) is 5.75 Å². The number of sulfonamides is 1. The van der Waals surface area contributed by atoms with Gasteiger partial charge in [0.05, 0.1) is 17.2 Å². The van der Waals surface area contributed by atoms with E-state index < -0.39 is 43.8 Å². The molecule has 2 fully saturated rings. The van der Waals surface area contributed by atoms with E-state index in [1.165, 1.54) is 0 Å². The minimum atomic E-state index is -5.02. The summed E-state index contributed by atoms with van der Waals surface area (Å²) in [4.78, 5) is 23.5. The maximum atomic E-state index is 15.0. The Kier molecular flexibility index (Phi) is 11.3. The molecule has 2 aromatic carbocycles. The third-order valence-electron chi connectivity index (χ3n) is 7.19. The molecule has 1 aliphatic heterocycles. The van der Waals surface area contributed by atoms with Gasteiger partial charge >= 0.3 is 0 Å². The number of hydrogen-bond acceptors (Lipinski definition) is 7. The number of ether oxygens (including phenoxy) is 1. The first kappa shape index (κ1) is 32.5. The molecule has 1 aliphatic carbocycles. The molecule has 0 aromatic heterocycles. The molecule has 9 nitrogen and oxygen atoms in total. The van der Waals surface area contributed by atoms with Gasteiger partial charge in [0.15, 0.2) is 4.90 Å². The molecule has 1 amide bonds. The second-order valence-corrected chi connectivity index (χ2v) is 12.2. The Hall–Kier alpha value is -3.03. The van der Waals surface area contributed by atoms with Crippen LogP contribution >= 0.6 is 11.6 Å². The molecular formula is C27H33ClF3N3O6S. The van der Waals surface area contributed by atoms with Gasteiger partial charge in [0.25, 0.3) is 22.4 Å². The van der Waals surface area contributed by atoms with Crippen molar-refractivity contribution in [2.45, 2.75) is 49.5 Å². The van der Waals surface area contributed by atoms with Crippen molar-refractivity contribution < 1.29 is 41.0 Å². The third kappa shape index (κ3) is 8.26. The Labute approximate surface area is 242 Å². The van der Waals surface area contributed by atoms with Gasteiger partial charge in [-0.25, -0.2) is 26.3 Å². The summed E-state index contributed by atoms with van der Waals surface area (Å²) in [6.45, 7) is 1.18. The zero-order valence-corrected chi connectivity index (χ0v) is 24.3. The van der Waals surface area contributed by atoms with Crippen molar-refractivity contribution in [3.63, 3.8) is 0 Å². The highest BCUT2D eigenvalue weighted by molar-refractivity contribution is 7.90. The van der Waals surface area contributed by atoms with Crippen LogP contribution in [0, 0.1) is 23.4 Å². The van der Waals surface area contributed by atoms with Crippen LogP contribution in [0.25, 0.3) is 0 Å². The summed E-state index contributed by atoms with van der Waals surface area (Å²) in [6.07, 6.45) is 5.94. The molecule has 1 saturated carbocycles. The lowest BCUT2D eigenvalue weighted by molar-refractivity contribution is -0.122. The number of carboxylic acid groups (broad SMARTS) is 1. The molecule has 14 heteroatoms. The smallest absolute Gasteiger partial charge is 0.290 e. The van der Waals surface area contributed by atoms with E-state index in [4.69, 9.17) is 26.2 Å². The predicted octanol–water partition coefficient (Wildman–Crippen LogP) is 4.68. The highest BCUT2D eigenvalue weighted by Gasteiger charge is 2.30. The molecule has 1 heterocycles. The van der Waals surface area contributed by atoms with Crippen molar-refractivity contribution in [2.24, 2.45) is 5.92 Å². The third-order valence-corrected chi connectivity index (χ3v) is 8.86. The first-order chi connectivity index (χ1) is 19.4. The number of likely N-dealkylation sites (N-methyl/N-ethyl adjacent to an activating group) is 1. The maximum absolute atomic E-state index is 15.0. The van der Waals surface area contributed by atoms with Crippen LogP contribution in [0.2, 0.25) is 5.02 Å². The van der Waals surface area contributed by atoms with Gasteiger partial charge in [-0.05, 0) is 63.9 Å². The van der Waals surface area contributed by atoms with Gasteiger partial charge in [0, 0.05) is 30.9 Å². The van der Waals surface area contributed by atoms with Crippen LogP contribution in [0.15, 0.2) is 29.2 Å². The molecule has 2 N–H and O–H groups in total. The van der Waals surface area contributed by atoms with Gasteiger partial charge in [-0.1, -0.05) is 24.4 Å². The number of amides is 1. The Morgan fingerprint density at radius 3 is 2.29 bits per heavy atom. The fourth-order valence-corrected chi connectivity index (χ4v) is 6.33. The number of carbonyl (C=O) groups is 2. The number of nitrogens with zero attached hydrogens (tertiary/aromatic N) is 2. The quantitative estimate of drug-likeness (QED) is 0.410. The van der Waals surface area contributed by atoms with E-state index in [-0.39, 0.29) is 29.0 Å². The molecule has 41 heavy (non-hydrogen) atoms. The van der Waals surface area contributed by atoms with Gasteiger partial charge in [-0.15, -0.1) is 0 Å². The fraction of sp³-hybridized carbons (Fsp3) is 0.481. The number of hydrogen-bond donors (Lipinski definition) is 2. The first-order valence-corrected chi connectivity index (χ1v) is 14.9. The lowest BCUT2D eigenvalue weighted by Gasteiger charge is -2.37. The molecular weight excluding hydrogens is 587 g/mol. The van der Waals surface area contributed by atoms with Gasteiger partial charge in [0.2, 0.25) is 0 Å². The normalized spacial score (nSPS) is 17.6. The molecule has 1 unspecified atom stereocenters. The molecule has 2 aliphatic rings. The molecule has 0 radical (unpaired) electrons. The summed E-state index contributed by atoms with van der Waals surface area (Å²) < 4.78 is 77.3. The van der Waals surface area contributed by atoms with Gasteiger partial charge in [0.1, 0.15) is 23.2 Å². The number of nitrogens with one attached hydrogen (secondary N) is 1. The van der Waals surface area contributed by atoms with Crippen molar-refractivity contribution >= 4 is 39.7 Å². The zero-order valence-electron chi connectivity index (χ0n) is 22.7. The molecule has 4 rings (SSSR count). The Morgan fingerprint density at radius 2 is 1.71 bits per heavy atom. The topological polar surface area (TPSA) is 116 Å². The number of carbonyl (C=O) groups excluding carboxylic acids is 1. The number of rotatable bonds is 8. The fourth-order valence-electron chi connectivity index (χ4n) is 5.02. The summed E-state index contributed by atoms with van der Waals surface area (Å²) in [5, 5.41) is 6.80. The molecule has 0 bridgehead atoms. The van der Waals surface area contributed by atoms with E-state index >= 15 is 0 Å². The highest BCUT2D eigenvalue weighted by atomic mass is 35.5. The highest BCUT2D eigenvalue weighted by Crippen LogP contribution is 2.32. The minimum absolute atomic E-state index is 0.0253. The SMILES string of the molecule is CN(C)C1CCCN(c2cc(F)c(S(=O)(=O)NC(=O)c3cc(Cl)c(OCC4CCCC4)cc3F)c(F)c2)C1.O=CO. The monoisotopic (exact) mass is 619 g/mol. The molecule has 1 atom stereocenters. The van der Waals surface area contributed by atoms with Crippen LogP contribution in [0.5, 0.6) is 5.75 Å². The van der Waals surface area contributed by atoms with E-state index in [9.17, 15) is 26.4 Å². The van der Waals surface area contributed by atoms with E-state index in [0.29, 0.717) is 25.6 Å². The number of halogens is 4. The molecule has 1 saturated heterocycles. The number of piperidine rings is 1. The lowest BCUT2D eigenvalue weighted by Crippen LogP contribution is -2.45. The lowest BCUT2D eigenvalue weighted by atomic mass is 10.0. The van der Waals surface area contributed by atoms with Crippen LogP contribution < -0.4 is 14.4 Å². The molecule has 2 aromatic rings. The van der Waals surface area contributed by atoms with Gasteiger partial charge in [-0.2, -0.15) is 0 Å². The van der Waals surface area contributed by atoms with Crippen LogP contribution in [0.3, 0.4) is 0 Å². The van der Waals surface area contributed by atoms with E-state index in [1.807, 2.05) is 19.0 Å². The Morgan fingerprint density at radius 1 is 1.10 bits per heavy atom. The summed E-state index contributed by atoms with van der Waals surface area (Å²) in [5.74, 6) is -4.86. The van der Waals surface area contributed by atoms with E-state index in [0.717, 1.165) is 62.8 Å². The van der Waals surface area contributed by atoms with Crippen molar-refractivity contribution in [3.05, 3.63) is 52.3 Å². The number of anilines is 1. The first-order valence-electron chi connectivity index (χ1n) is 13.0. The zero-order chi connectivity index (χ0) is 30.3. The predicted molar refractivity (Wildman–Crippen MR) is 147 cm³/mol.